The van der Waals surface area contributed by atoms with Crippen molar-refractivity contribution in [2.45, 2.75) is 40.2 Å². The van der Waals surface area contributed by atoms with Crippen molar-refractivity contribution in [2.75, 3.05) is 57.4 Å². The van der Waals surface area contributed by atoms with Crippen molar-refractivity contribution in [1.82, 2.24) is 19.9 Å². The van der Waals surface area contributed by atoms with E-state index in [4.69, 9.17) is 14.2 Å². The number of anilines is 1. The van der Waals surface area contributed by atoms with Gasteiger partial charge in [-0.1, -0.05) is 17.3 Å². The SMILES string of the molecule is CCOC(=O)c1nnn(CCCCN2CCN(c3ccccc3OCC)CC2)c1C(=O)OCC. The van der Waals surface area contributed by atoms with Crippen LogP contribution in [0.3, 0.4) is 0 Å². The summed E-state index contributed by atoms with van der Waals surface area (Å²) in [5, 5.41) is 7.88. The number of esters is 2. The maximum Gasteiger partial charge on any atom is 0.361 e. The Balaban J connectivity index is 1.49. The number of unbranched alkanes of at least 4 members (excludes halogenated alkanes) is 1. The molecule has 3 rings (SSSR count). The third-order valence-corrected chi connectivity index (χ3v) is 5.65. The molecule has 1 aromatic carbocycles. The first-order valence-electron chi connectivity index (χ1n) is 12.1. The lowest BCUT2D eigenvalue weighted by molar-refractivity contribution is 0.0466. The van der Waals surface area contributed by atoms with Gasteiger partial charge in [0.05, 0.1) is 25.5 Å². The van der Waals surface area contributed by atoms with Crippen LogP contribution in [-0.2, 0) is 16.0 Å². The van der Waals surface area contributed by atoms with E-state index in [1.54, 1.807) is 13.8 Å². The van der Waals surface area contributed by atoms with Gasteiger partial charge in [0.2, 0.25) is 5.69 Å². The van der Waals surface area contributed by atoms with E-state index in [0.29, 0.717) is 13.2 Å². The van der Waals surface area contributed by atoms with Gasteiger partial charge in [0, 0.05) is 32.7 Å². The molecular weight excluding hydrogens is 438 g/mol. The highest BCUT2D eigenvalue weighted by Gasteiger charge is 2.27. The zero-order valence-electron chi connectivity index (χ0n) is 20.4. The average molecular weight is 474 g/mol. The number of hydrogen-bond donors (Lipinski definition) is 0. The van der Waals surface area contributed by atoms with Gasteiger partial charge in [-0.2, -0.15) is 0 Å². The number of hydrogen-bond acceptors (Lipinski definition) is 9. The van der Waals surface area contributed by atoms with E-state index in [-0.39, 0.29) is 24.6 Å². The third kappa shape index (κ3) is 6.47. The zero-order valence-corrected chi connectivity index (χ0v) is 20.4. The molecule has 2 heterocycles. The molecule has 0 unspecified atom stereocenters. The highest BCUT2D eigenvalue weighted by Crippen LogP contribution is 2.28. The van der Waals surface area contributed by atoms with E-state index < -0.39 is 11.9 Å². The Morgan fingerprint density at radius 3 is 2.26 bits per heavy atom. The van der Waals surface area contributed by atoms with Crippen LogP contribution in [0.4, 0.5) is 5.69 Å². The molecule has 1 aliphatic rings. The lowest BCUT2D eigenvalue weighted by Gasteiger charge is -2.36. The highest BCUT2D eigenvalue weighted by molar-refractivity contribution is 6.00. The van der Waals surface area contributed by atoms with Crippen molar-refractivity contribution in [2.24, 2.45) is 0 Å². The van der Waals surface area contributed by atoms with Crippen LogP contribution in [0.25, 0.3) is 0 Å². The van der Waals surface area contributed by atoms with Crippen molar-refractivity contribution < 1.29 is 23.8 Å². The summed E-state index contributed by atoms with van der Waals surface area (Å²) in [7, 11) is 0. The first-order valence-corrected chi connectivity index (χ1v) is 12.1. The Bertz CT molecular complexity index is 940. The minimum Gasteiger partial charge on any atom is -0.492 e. The average Bonchev–Trinajstić information content (AvgIpc) is 3.27. The molecule has 0 saturated carbocycles. The van der Waals surface area contributed by atoms with Crippen LogP contribution in [0.5, 0.6) is 5.75 Å². The Morgan fingerprint density at radius 2 is 1.56 bits per heavy atom. The molecule has 0 N–H and O–H groups in total. The summed E-state index contributed by atoms with van der Waals surface area (Å²) in [6.45, 7) is 11.7. The molecule has 34 heavy (non-hydrogen) atoms. The summed E-state index contributed by atoms with van der Waals surface area (Å²) in [4.78, 5) is 29.4. The molecule has 1 aliphatic heterocycles. The van der Waals surface area contributed by atoms with Crippen molar-refractivity contribution in [1.29, 1.82) is 0 Å². The molecule has 0 atom stereocenters. The quantitative estimate of drug-likeness (QED) is 0.340. The fourth-order valence-corrected chi connectivity index (χ4v) is 4.01. The molecule has 0 spiro atoms. The Morgan fingerprint density at radius 1 is 0.882 bits per heavy atom. The Kier molecular flexibility index (Phi) is 9.69. The van der Waals surface area contributed by atoms with Gasteiger partial charge in [0.25, 0.3) is 0 Å². The number of rotatable bonds is 12. The normalized spacial score (nSPS) is 14.1. The Hall–Kier alpha value is -3.14. The molecule has 1 saturated heterocycles. The van der Waals surface area contributed by atoms with Crippen molar-refractivity contribution >= 4 is 17.6 Å². The minimum absolute atomic E-state index is 0.0573. The van der Waals surface area contributed by atoms with Gasteiger partial charge < -0.3 is 19.1 Å². The number of carbonyl (C=O) groups is 2. The fraction of sp³-hybridized carbons (Fsp3) is 0.583. The van der Waals surface area contributed by atoms with E-state index in [0.717, 1.165) is 57.0 Å². The van der Waals surface area contributed by atoms with Crippen molar-refractivity contribution in [3.8, 4) is 5.75 Å². The molecule has 10 heteroatoms. The van der Waals surface area contributed by atoms with E-state index >= 15 is 0 Å². The van der Waals surface area contributed by atoms with Crippen LogP contribution in [-0.4, -0.2) is 84.4 Å². The zero-order chi connectivity index (χ0) is 24.3. The summed E-state index contributed by atoms with van der Waals surface area (Å²) >= 11 is 0. The minimum atomic E-state index is -0.666. The number of aryl methyl sites for hydroxylation is 1. The number of carbonyl (C=O) groups excluding carboxylic acids is 2. The van der Waals surface area contributed by atoms with Gasteiger partial charge in [-0.3, -0.25) is 4.90 Å². The molecule has 1 fully saturated rings. The fourth-order valence-electron chi connectivity index (χ4n) is 4.01. The molecule has 10 nitrogen and oxygen atoms in total. The smallest absolute Gasteiger partial charge is 0.361 e. The maximum absolute atomic E-state index is 12.4. The number of para-hydroxylation sites is 2. The lowest BCUT2D eigenvalue weighted by Crippen LogP contribution is -2.46. The standard InChI is InChI=1S/C24H35N5O5/c1-4-32-20-12-8-7-11-19(20)28-17-15-27(16-18-28)13-9-10-14-29-22(24(31)34-6-3)21(25-26-29)23(30)33-5-2/h7-8,11-12H,4-6,9-10,13-18H2,1-3H3. The second-order valence-corrected chi connectivity index (χ2v) is 7.89. The predicted molar refractivity (Wildman–Crippen MR) is 127 cm³/mol. The second kappa shape index (κ2) is 12.9. The molecule has 0 bridgehead atoms. The summed E-state index contributed by atoms with van der Waals surface area (Å²) in [5.74, 6) is -0.342. The van der Waals surface area contributed by atoms with Crippen molar-refractivity contribution in [3.05, 3.63) is 35.7 Å². The van der Waals surface area contributed by atoms with Crippen LogP contribution in [0.15, 0.2) is 24.3 Å². The predicted octanol–water partition coefficient (Wildman–Crippen LogP) is 2.63. The van der Waals surface area contributed by atoms with Gasteiger partial charge in [0.15, 0.2) is 5.69 Å². The maximum atomic E-state index is 12.4. The molecule has 0 radical (unpaired) electrons. The van der Waals surface area contributed by atoms with Gasteiger partial charge in [0.1, 0.15) is 5.75 Å². The van der Waals surface area contributed by atoms with Crippen LogP contribution >= 0.6 is 0 Å². The first-order chi connectivity index (χ1) is 16.6. The van der Waals surface area contributed by atoms with Gasteiger partial charge in [-0.05, 0) is 52.3 Å². The molecule has 2 aromatic rings. The molecule has 0 aliphatic carbocycles. The topological polar surface area (TPSA) is 99.0 Å². The summed E-state index contributed by atoms with van der Waals surface area (Å²) in [5.41, 5.74) is 1.12. The first kappa shape index (κ1) is 25.5. The monoisotopic (exact) mass is 473 g/mol. The molecule has 1 aromatic heterocycles. The van der Waals surface area contributed by atoms with Gasteiger partial charge in [-0.15, -0.1) is 5.10 Å². The number of piperazine rings is 1. The Labute approximate surface area is 200 Å². The van der Waals surface area contributed by atoms with Crippen LogP contribution in [0.1, 0.15) is 54.6 Å². The molecular formula is C24H35N5O5. The number of aromatic nitrogens is 3. The van der Waals surface area contributed by atoms with Crippen LogP contribution in [0, 0.1) is 0 Å². The van der Waals surface area contributed by atoms with Crippen molar-refractivity contribution in [3.63, 3.8) is 0 Å². The molecule has 0 amide bonds. The molecule has 186 valence electrons. The summed E-state index contributed by atoms with van der Waals surface area (Å²) in [6, 6.07) is 8.19. The lowest BCUT2D eigenvalue weighted by atomic mass is 10.2. The van der Waals surface area contributed by atoms with E-state index in [2.05, 4.69) is 26.2 Å². The van der Waals surface area contributed by atoms with Gasteiger partial charge >= 0.3 is 11.9 Å². The largest absolute Gasteiger partial charge is 0.492 e. The van der Waals surface area contributed by atoms with Crippen LogP contribution < -0.4 is 9.64 Å². The number of nitrogens with zero attached hydrogens (tertiary/aromatic N) is 5. The number of benzene rings is 1. The van der Waals surface area contributed by atoms with Crippen LogP contribution in [0.2, 0.25) is 0 Å². The third-order valence-electron chi connectivity index (χ3n) is 5.65. The van der Waals surface area contributed by atoms with E-state index in [1.807, 2.05) is 25.1 Å². The van der Waals surface area contributed by atoms with E-state index in [9.17, 15) is 9.59 Å². The highest BCUT2D eigenvalue weighted by atomic mass is 16.5. The summed E-state index contributed by atoms with van der Waals surface area (Å²) < 4.78 is 17.3. The van der Waals surface area contributed by atoms with E-state index in [1.165, 1.54) is 4.68 Å². The second-order valence-electron chi connectivity index (χ2n) is 7.89. The van der Waals surface area contributed by atoms with Gasteiger partial charge in [-0.25, -0.2) is 14.3 Å². The summed E-state index contributed by atoms with van der Waals surface area (Å²) in [6.07, 6.45) is 1.73. The number of ether oxygens (including phenoxy) is 3.